The van der Waals surface area contributed by atoms with Crippen LogP contribution >= 0.6 is 11.6 Å². The summed E-state index contributed by atoms with van der Waals surface area (Å²) in [6.07, 6.45) is 11.2. The van der Waals surface area contributed by atoms with Crippen molar-refractivity contribution in [2.24, 2.45) is 17.2 Å². The van der Waals surface area contributed by atoms with E-state index in [1.807, 2.05) is 44.2 Å². The van der Waals surface area contributed by atoms with Crippen LogP contribution in [0.15, 0.2) is 54.6 Å². The van der Waals surface area contributed by atoms with Crippen molar-refractivity contribution in [2.45, 2.75) is 109 Å². The fraction of sp³-hybridized carbons (Fsp3) is 0.469. The van der Waals surface area contributed by atoms with Crippen molar-refractivity contribution in [3.05, 3.63) is 87.7 Å². The zero-order valence-corrected chi connectivity index (χ0v) is 41.2. The second-order valence-electron chi connectivity index (χ2n) is 18.0. The molecule has 4 heterocycles. The van der Waals surface area contributed by atoms with Crippen LogP contribution in [-0.2, 0) is 6.54 Å². The van der Waals surface area contributed by atoms with Gasteiger partial charge in [0, 0.05) is 77.9 Å². The summed E-state index contributed by atoms with van der Waals surface area (Å²) in [5, 5.41) is 19.8. The molecule has 2 amide bonds. The molecule has 5 aromatic rings. The van der Waals surface area contributed by atoms with Crippen LogP contribution in [0.1, 0.15) is 102 Å². The summed E-state index contributed by atoms with van der Waals surface area (Å²) in [6, 6.07) is 17.6. The van der Waals surface area contributed by atoms with Gasteiger partial charge in [0.1, 0.15) is 11.5 Å². The molecule has 4 aliphatic rings. The zero-order chi connectivity index (χ0) is 49.6. The number of ether oxygens (including phenoxy) is 2. The molecular formula is C49H67ClN16O4. The summed E-state index contributed by atoms with van der Waals surface area (Å²) in [6.45, 7) is 8.40. The highest BCUT2D eigenvalue weighted by Crippen LogP contribution is 2.33. The lowest BCUT2D eigenvalue weighted by molar-refractivity contribution is 0.0992. The van der Waals surface area contributed by atoms with Gasteiger partial charge in [0.05, 0.1) is 14.2 Å². The van der Waals surface area contributed by atoms with E-state index in [1.54, 1.807) is 38.5 Å². The zero-order valence-electron chi connectivity index (χ0n) is 40.5. The van der Waals surface area contributed by atoms with E-state index < -0.39 is 11.8 Å². The Kier molecular flexibility index (Phi) is 18.1. The number of nitrogens with zero attached hydrogens (tertiary/aromatic N) is 7. The first kappa shape index (κ1) is 51.2. The van der Waals surface area contributed by atoms with E-state index in [2.05, 4.69) is 61.7 Å². The third-order valence-corrected chi connectivity index (χ3v) is 13.0. The second kappa shape index (κ2) is 24.8. The fourth-order valence-electron chi connectivity index (χ4n) is 8.78. The smallest absolute Gasteiger partial charge is 0.248 e. The molecule has 0 radical (unpaired) electrons. The van der Waals surface area contributed by atoms with Gasteiger partial charge in [0.25, 0.3) is 0 Å². The van der Waals surface area contributed by atoms with E-state index in [0.717, 1.165) is 111 Å². The molecule has 0 unspecified atom stereocenters. The molecule has 21 heteroatoms. The predicted octanol–water partition coefficient (Wildman–Crippen LogP) is 6.10. The number of halogens is 1. The highest BCUT2D eigenvalue weighted by Gasteiger charge is 2.27. The number of aromatic nitrogens is 6. The van der Waals surface area contributed by atoms with Gasteiger partial charge in [0.2, 0.25) is 46.8 Å². The Labute approximate surface area is 414 Å². The Bertz CT molecular complexity index is 2510. The highest BCUT2D eigenvalue weighted by atomic mass is 35.5. The van der Waals surface area contributed by atoms with Crippen LogP contribution in [0.5, 0.6) is 11.5 Å². The normalized spacial score (nSPS) is 17.7. The molecule has 2 aromatic heterocycles. The summed E-state index contributed by atoms with van der Waals surface area (Å²) in [5.41, 5.74) is 21.4. The van der Waals surface area contributed by atoms with Crippen molar-refractivity contribution in [1.29, 1.82) is 0 Å². The average Bonchev–Trinajstić information content (AvgIpc) is 4.21. The number of hydrogen-bond donors (Lipinski definition) is 9. The number of nitrogens with one attached hydrogen (secondary N) is 6. The molecule has 4 fully saturated rings. The lowest BCUT2D eigenvalue weighted by Gasteiger charge is -2.30. The summed E-state index contributed by atoms with van der Waals surface area (Å²) >= 11 is 6.35. The number of methoxy groups -OCH3 is 2. The van der Waals surface area contributed by atoms with Crippen molar-refractivity contribution >= 4 is 64.5 Å². The van der Waals surface area contributed by atoms with Gasteiger partial charge in [-0.2, -0.15) is 29.9 Å². The van der Waals surface area contributed by atoms with Crippen molar-refractivity contribution in [2.75, 3.05) is 66.6 Å². The average molecular weight is 980 g/mol. The van der Waals surface area contributed by atoms with E-state index in [1.165, 1.54) is 12.8 Å². The standard InChI is InChI=1S/C25H29ClN6O3.C20H28N8O.C4H10N2/c1-15-8-9-16(22(27)33)12-20(15)28-24-29-23(26)30-25(31-24)32(18-6-4-5-7-18)14-17-10-11-19(34-2)13-21(17)35-3;1-12-6-7-13(17(21)29)10-16(12)25-20-27-18(23-14-4-2-3-5-14)26-19(28-20)24-15-8-9-22-11-15;5-4-1-2-6-3-4/h8-13,18H,4-7,14H2,1-3H3,(H2,27,33)(H,28,29,30,31);6-7,10,14-15,22H,2-5,8-9,11H2,1H3,(H2,21,29)(H3,23,24,25,26,27,28);4,6H,1-3,5H2/t;15-;4-/m.11/s1. The first-order chi connectivity index (χ1) is 33.8. The first-order valence-corrected chi connectivity index (χ1v) is 24.4. The lowest BCUT2D eigenvalue weighted by atomic mass is 10.1. The SMILES string of the molecule is COc1ccc(CN(c2nc(Cl)nc(Nc3cc(C(N)=O)ccc3C)n2)C2CCCC2)c(OC)c1.Cc1ccc(C(N)=O)cc1Nc1nc(NC2CCCC2)nc(N[C@@H]2CCNC2)n1.N[C@@H]1CCNC1. The monoisotopic (exact) mass is 979 g/mol. The van der Waals surface area contributed by atoms with Crippen molar-refractivity contribution in [1.82, 2.24) is 40.5 Å². The minimum Gasteiger partial charge on any atom is -0.497 e. The number of benzene rings is 3. The molecule has 3 aromatic carbocycles. The maximum atomic E-state index is 11.6. The van der Waals surface area contributed by atoms with Crippen LogP contribution in [0, 0.1) is 13.8 Å². The molecule has 0 bridgehead atoms. The maximum Gasteiger partial charge on any atom is 0.248 e. The number of carbonyl (C=O) groups excluding carboxylic acids is 2. The number of carbonyl (C=O) groups is 2. The summed E-state index contributed by atoms with van der Waals surface area (Å²) in [7, 11) is 3.27. The number of primary amides is 2. The second-order valence-corrected chi connectivity index (χ2v) is 18.4. The number of aryl methyl sites for hydroxylation is 2. The minimum absolute atomic E-state index is 0.0749. The molecule has 20 nitrogen and oxygen atoms in total. The van der Waals surface area contributed by atoms with E-state index in [9.17, 15) is 9.59 Å². The van der Waals surface area contributed by atoms with E-state index in [0.29, 0.717) is 65.3 Å². The Morgan fingerprint density at radius 1 is 0.671 bits per heavy atom. The van der Waals surface area contributed by atoms with E-state index >= 15 is 0 Å². The van der Waals surface area contributed by atoms with Crippen LogP contribution in [0.3, 0.4) is 0 Å². The third-order valence-electron chi connectivity index (χ3n) is 12.8. The summed E-state index contributed by atoms with van der Waals surface area (Å²) in [5.74, 6) is 2.76. The molecule has 70 heavy (non-hydrogen) atoms. The quantitative estimate of drug-likeness (QED) is 0.0540. The van der Waals surface area contributed by atoms with Gasteiger partial charge in [-0.3, -0.25) is 9.59 Å². The molecule has 2 saturated carbocycles. The van der Waals surface area contributed by atoms with Gasteiger partial charge in [-0.05, 0) is 125 Å². The Hall–Kier alpha value is -6.61. The topological polar surface area (TPSA) is 283 Å². The largest absolute Gasteiger partial charge is 0.497 e. The number of anilines is 7. The van der Waals surface area contributed by atoms with Crippen LogP contribution < -0.4 is 63.5 Å². The first-order valence-electron chi connectivity index (χ1n) is 24.0. The summed E-state index contributed by atoms with van der Waals surface area (Å²) in [4.78, 5) is 52.5. The molecule has 2 aliphatic heterocycles. The molecule has 0 spiro atoms. The molecular weight excluding hydrogens is 912 g/mol. The Morgan fingerprint density at radius 2 is 1.24 bits per heavy atom. The van der Waals surface area contributed by atoms with Gasteiger partial charge < -0.3 is 63.5 Å². The van der Waals surface area contributed by atoms with Gasteiger partial charge in [-0.25, -0.2) is 0 Å². The van der Waals surface area contributed by atoms with Crippen LogP contribution in [0.25, 0.3) is 0 Å². The lowest BCUT2D eigenvalue weighted by Crippen LogP contribution is -2.34. The highest BCUT2D eigenvalue weighted by molar-refractivity contribution is 6.28. The number of nitrogens with two attached hydrogens (primary N) is 3. The van der Waals surface area contributed by atoms with Gasteiger partial charge >= 0.3 is 0 Å². The van der Waals surface area contributed by atoms with E-state index in [-0.39, 0.29) is 17.3 Å². The molecule has 2 saturated heterocycles. The predicted molar refractivity (Wildman–Crippen MR) is 275 cm³/mol. The minimum atomic E-state index is -0.511. The van der Waals surface area contributed by atoms with Crippen molar-refractivity contribution in [3.63, 3.8) is 0 Å². The van der Waals surface area contributed by atoms with Crippen LogP contribution in [-0.4, -0.2) is 106 Å². The number of hydrogen-bond acceptors (Lipinski definition) is 18. The van der Waals surface area contributed by atoms with E-state index in [4.69, 9.17) is 43.3 Å². The van der Waals surface area contributed by atoms with Crippen molar-refractivity contribution in [3.8, 4) is 11.5 Å². The van der Waals surface area contributed by atoms with Gasteiger partial charge in [-0.1, -0.05) is 37.8 Å². The maximum absolute atomic E-state index is 11.6. The Balaban J connectivity index is 0.000000186. The van der Waals surface area contributed by atoms with Crippen LogP contribution in [0.4, 0.5) is 41.1 Å². The van der Waals surface area contributed by atoms with Gasteiger partial charge in [-0.15, -0.1) is 0 Å². The van der Waals surface area contributed by atoms with Crippen LogP contribution in [0.2, 0.25) is 5.28 Å². The molecule has 374 valence electrons. The Morgan fingerprint density at radius 3 is 1.77 bits per heavy atom. The fourth-order valence-corrected chi connectivity index (χ4v) is 8.94. The number of amides is 2. The van der Waals surface area contributed by atoms with Gasteiger partial charge in [0.15, 0.2) is 0 Å². The molecule has 12 N–H and O–H groups in total. The third kappa shape index (κ3) is 14.5. The summed E-state index contributed by atoms with van der Waals surface area (Å²) < 4.78 is 11.0. The van der Waals surface area contributed by atoms with Crippen molar-refractivity contribution < 1.29 is 19.1 Å². The molecule has 2 atom stereocenters. The molecule has 2 aliphatic carbocycles. The number of rotatable bonds is 16. The molecule has 9 rings (SSSR count).